The van der Waals surface area contributed by atoms with Crippen LogP contribution in [0.25, 0.3) is 11.1 Å². The zero-order valence-corrected chi connectivity index (χ0v) is 12.1. The van der Waals surface area contributed by atoms with Gasteiger partial charge in [-0.3, -0.25) is 9.97 Å². The van der Waals surface area contributed by atoms with Gasteiger partial charge in [-0.1, -0.05) is 0 Å². The third-order valence-corrected chi connectivity index (χ3v) is 1.69. The van der Waals surface area contributed by atoms with Crippen LogP contribution in [0.5, 0.6) is 0 Å². The van der Waals surface area contributed by atoms with Crippen molar-refractivity contribution in [2.75, 3.05) is 0 Å². The van der Waals surface area contributed by atoms with Gasteiger partial charge in [0, 0.05) is 124 Å². The quantitative estimate of drug-likeness (QED) is 0.653. The van der Waals surface area contributed by atoms with Crippen LogP contribution in [0.15, 0.2) is 49.1 Å². The minimum Gasteiger partial charge on any atom is -0.265 e. The van der Waals surface area contributed by atoms with Gasteiger partial charge in [-0.25, -0.2) is 0 Å². The van der Waals surface area contributed by atoms with Crippen LogP contribution in [0, 0.1) is 98.8 Å². The van der Waals surface area contributed by atoms with Crippen molar-refractivity contribution in [1.82, 2.24) is 9.97 Å². The fourth-order valence-corrected chi connectivity index (χ4v) is 1.09. The van der Waals surface area contributed by atoms with Crippen LogP contribution in [-0.4, -0.2) is 9.97 Å². The molecule has 0 unspecified atom stereocenters. The van der Waals surface area contributed by atoms with Crippen LogP contribution in [0.3, 0.4) is 0 Å². The Morgan fingerprint density at radius 2 is 0.857 bits per heavy atom. The number of aromatic nitrogens is 2. The number of hydrogen-bond acceptors (Lipinski definition) is 2. The van der Waals surface area contributed by atoms with E-state index >= 15 is 0 Å². The molecule has 0 atom stereocenters. The molecule has 4 heteroatoms. The Morgan fingerprint density at radius 3 is 1.14 bits per heavy atom. The Bertz CT molecular complexity index is 314. The van der Waals surface area contributed by atoms with Gasteiger partial charge >= 0.3 is 0 Å². The fraction of sp³-hybridized carbons (Fsp3) is 0. The molecule has 0 saturated carbocycles. The van der Waals surface area contributed by atoms with Gasteiger partial charge < -0.3 is 0 Å². The summed E-state index contributed by atoms with van der Waals surface area (Å²) in [4.78, 5) is 7.91. The third-order valence-electron chi connectivity index (χ3n) is 1.69. The summed E-state index contributed by atoms with van der Waals surface area (Å²) in [6.45, 7) is 0. The molecule has 0 aromatic carbocycles. The molecule has 2 radical (unpaired) electrons. The first-order chi connectivity index (χ1) is 5.97. The largest absolute Gasteiger partial charge is 0.265 e. The normalized spacial score (nSPS) is 8.29. The van der Waals surface area contributed by atoms with Crippen molar-refractivity contribution in [3.8, 4) is 11.1 Å². The second-order valence-electron chi connectivity index (χ2n) is 2.47. The molecule has 2 aromatic rings. The molecule has 0 saturated heterocycles. The molecule has 0 aliphatic heterocycles. The summed E-state index contributed by atoms with van der Waals surface area (Å²) in [5.41, 5.74) is 2.35. The Kier molecular flexibility index (Phi) is 9.50. The molecule has 72 valence electrons. The number of hydrogen-bond donors (Lipinski definition) is 0. The van der Waals surface area contributed by atoms with E-state index in [0.717, 1.165) is 0 Å². The predicted molar refractivity (Wildman–Crippen MR) is 47.5 cm³/mol. The van der Waals surface area contributed by atoms with E-state index in [-0.39, 0.29) is 98.8 Å². The van der Waals surface area contributed by atoms with Crippen LogP contribution < -0.4 is 0 Å². The van der Waals surface area contributed by atoms with E-state index in [1.807, 2.05) is 24.3 Å². The van der Waals surface area contributed by atoms with Crippen molar-refractivity contribution in [2.24, 2.45) is 0 Å². The fourth-order valence-electron chi connectivity index (χ4n) is 1.09. The average Bonchev–Trinajstić information content (AvgIpc) is 2.21. The maximum absolute atomic E-state index is 3.96. The van der Waals surface area contributed by atoms with Gasteiger partial charge in [0.05, 0.1) is 0 Å². The predicted octanol–water partition coefficient (Wildman–Crippen LogP) is 2.14. The van der Waals surface area contributed by atoms with Crippen molar-refractivity contribution in [3.05, 3.63) is 49.1 Å². The Balaban J connectivity index is 0.000000845. The number of pyridine rings is 2. The molecule has 0 aliphatic carbocycles. The van der Waals surface area contributed by atoms with Gasteiger partial charge in [0.1, 0.15) is 0 Å². The van der Waals surface area contributed by atoms with Gasteiger partial charge in [-0.15, -0.1) is 0 Å². The summed E-state index contributed by atoms with van der Waals surface area (Å²) in [7, 11) is 0. The zero-order chi connectivity index (χ0) is 8.23. The van der Waals surface area contributed by atoms with E-state index in [1.165, 1.54) is 11.1 Å². The second-order valence-corrected chi connectivity index (χ2v) is 2.47. The number of rotatable bonds is 1. The topological polar surface area (TPSA) is 25.8 Å². The first-order valence-electron chi connectivity index (χ1n) is 3.77. The van der Waals surface area contributed by atoms with Gasteiger partial charge in [-0.2, -0.15) is 0 Å². The molecular formula is C10H8Eu2N2. The maximum Gasteiger partial charge on any atom is 0.0273 e. The Hall–Kier alpha value is 1.47. The van der Waals surface area contributed by atoms with E-state index in [2.05, 4.69) is 9.97 Å². The number of nitrogens with zero attached hydrogens (tertiary/aromatic N) is 2. The van der Waals surface area contributed by atoms with Crippen molar-refractivity contribution >= 4 is 0 Å². The summed E-state index contributed by atoms with van der Waals surface area (Å²) in [6.07, 6.45) is 7.15. The van der Waals surface area contributed by atoms with E-state index in [4.69, 9.17) is 0 Å². The van der Waals surface area contributed by atoms with Gasteiger partial charge in [0.2, 0.25) is 0 Å². The summed E-state index contributed by atoms with van der Waals surface area (Å²) < 4.78 is 0. The Morgan fingerprint density at radius 1 is 0.571 bits per heavy atom. The first kappa shape index (κ1) is 15.5. The Labute approximate surface area is 165 Å². The van der Waals surface area contributed by atoms with E-state index in [1.54, 1.807) is 24.8 Å². The van der Waals surface area contributed by atoms with E-state index in [0.29, 0.717) is 0 Å². The molecule has 14 heavy (non-hydrogen) atoms. The van der Waals surface area contributed by atoms with Gasteiger partial charge in [0.15, 0.2) is 0 Å². The molecule has 0 bridgehead atoms. The summed E-state index contributed by atoms with van der Waals surface area (Å²) in [6, 6.07) is 7.93. The summed E-state index contributed by atoms with van der Waals surface area (Å²) in [5, 5.41) is 0. The molecule has 0 amide bonds. The van der Waals surface area contributed by atoms with Crippen molar-refractivity contribution in [2.45, 2.75) is 0 Å². The monoisotopic (exact) mass is 462 g/mol. The molecule has 0 spiro atoms. The molecule has 2 aromatic heterocycles. The minimum absolute atomic E-state index is 0. The van der Waals surface area contributed by atoms with E-state index < -0.39 is 0 Å². The SMILES string of the molecule is [Eu].[Eu].c1cc(-c2ccncc2)ccn1. The van der Waals surface area contributed by atoms with Crippen LogP contribution >= 0.6 is 0 Å². The van der Waals surface area contributed by atoms with Crippen molar-refractivity contribution < 1.29 is 98.8 Å². The van der Waals surface area contributed by atoms with Crippen molar-refractivity contribution in [1.29, 1.82) is 0 Å². The smallest absolute Gasteiger partial charge is 0.0273 e. The molecule has 0 N–H and O–H groups in total. The van der Waals surface area contributed by atoms with Crippen LogP contribution in [0.4, 0.5) is 0 Å². The van der Waals surface area contributed by atoms with Gasteiger partial charge in [-0.05, 0) is 35.4 Å². The summed E-state index contributed by atoms with van der Waals surface area (Å²) >= 11 is 0. The maximum atomic E-state index is 3.96. The second kappa shape index (κ2) is 8.60. The average molecular weight is 460 g/mol. The van der Waals surface area contributed by atoms with E-state index in [9.17, 15) is 0 Å². The molecular weight excluding hydrogens is 452 g/mol. The molecule has 2 heterocycles. The molecule has 2 nitrogen and oxygen atoms in total. The zero-order valence-electron chi connectivity index (χ0n) is 7.27. The van der Waals surface area contributed by atoms with Gasteiger partial charge in [0.25, 0.3) is 0 Å². The van der Waals surface area contributed by atoms with Crippen LogP contribution in [0.1, 0.15) is 0 Å². The summed E-state index contributed by atoms with van der Waals surface area (Å²) in [5.74, 6) is 0. The molecule has 2 rings (SSSR count). The van der Waals surface area contributed by atoms with Crippen molar-refractivity contribution in [3.63, 3.8) is 0 Å². The first-order valence-corrected chi connectivity index (χ1v) is 3.77. The molecule has 0 aliphatic rings. The third kappa shape index (κ3) is 4.54. The van der Waals surface area contributed by atoms with Crippen LogP contribution in [0.2, 0.25) is 0 Å². The molecule has 0 fully saturated rings. The van der Waals surface area contributed by atoms with Crippen LogP contribution in [-0.2, 0) is 0 Å². The minimum atomic E-state index is 0. The standard InChI is InChI=1S/C10H8N2.2Eu/c1-5-11-6-2-9(1)10-3-7-12-8-4-10;;/h1-8H;;.